The van der Waals surface area contributed by atoms with E-state index in [1.165, 1.54) is 38.5 Å². The van der Waals surface area contributed by atoms with E-state index >= 15 is 0 Å². The molecule has 2 nitrogen and oxygen atoms in total. The van der Waals surface area contributed by atoms with E-state index in [9.17, 15) is 8.78 Å². The van der Waals surface area contributed by atoms with Crippen molar-refractivity contribution in [1.82, 2.24) is 0 Å². The van der Waals surface area contributed by atoms with Gasteiger partial charge in [0.05, 0.1) is 19.3 Å². The van der Waals surface area contributed by atoms with Crippen LogP contribution in [0.5, 0.6) is 5.75 Å². The Morgan fingerprint density at radius 2 is 1.53 bits per heavy atom. The largest absolute Gasteiger partial charge is 0.490 e. The van der Waals surface area contributed by atoms with Crippen molar-refractivity contribution >= 4 is 0 Å². The number of rotatable bonds is 10. The fraction of sp³-hybridized carbons (Fsp3) is 0.786. The topological polar surface area (TPSA) is 18.5 Å². The fourth-order valence-electron chi connectivity index (χ4n) is 6.88. The summed E-state index contributed by atoms with van der Waals surface area (Å²) in [6.45, 7) is 5.69. The second-order valence-electron chi connectivity index (χ2n) is 10.6. The highest BCUT2D eigenvalue weighted by molar-refractivity contribution is 5.33. The standard InChI is InChI=1S/C28H42F2O2/c1-3-5-17-31-26-16-15-25(27(29)28(26)30)20-7-11-22(12-8-20)32-18-21-10-14-23-19(6-4-2)9-13-24(21)23/h15-16,19-24H,3-14,17-18H2,1-2H3. The third-order valence-electron chi connectivity index (χ3n) is 8.65. The first-order valence-corrected chi connectivity index (χ1v) is 13.3. The number of halogens is 2. The second-order valence-corrected chi connectivity index (χ2v) is 10.6. The van der Waals surface area contributed by atoms with Gasteiger partial charge in [0.2, 0.25) is 5.82 Å². The maximum atomic E-state index is 14.7. The molecule has 0 aliphatic heterocycles. The Morgan fingerprint density at radius 3 is 2.25 bits per heavy atom. The highest BCUT2D eigenvalue weighted by atomic mass is 19.2. The van der Waals surface area contributed by atoms with E-state index in [0.29, 0.717) is 12.2 Å². The quantitative estimate of drug-likeness (QED) is 0.337. The summed E-state index contributed by atoms with van der Waals surface area (Å²) in [7, 11) is 0. The second kappa shape index (κ2) is 11.3. The lowest BCUT2D eigenvalue weighted by Gasteiger charge is -2.30. The van der Waals surface area contributed by atoms with Crippen LogP contribution in [0.15, 0.2) is 12.1 Å². The zero-order chi connectivity index (χ0) is 22.5. The molecule has 0 amide bonds. The van der Waals surface area contributed by atoms with Crippen molar-refractivity contribution in [2.75, 3.05) is 13.2 Å². The Kier molecular flexibility index (Phi) is 8.48. The van der Waals surface area contributed by atoms with Gasteiger partial charge in [-0.05, 0) is 99.0 Å². The van der Waals surface area contributed by atoms with Gasteiger partial charge in [-0.25, -0.2) is 4.39 Å². The number of hydrogen-bond acceptors (Lipinski definition) is 2. The predicted molar refractivity (Wildman–Crippen MR) is 125 cm³/mol. The normalized spacial score (nSPS) is 32.2. The summed E-state index contributed by atoms with van der Waals surface area (Å²) in [5, 5.41) is 0. The summed E-state index contributed by atoms with van der Waals surface area (Å²) >= 11 is 0. The van der Waals surface area contributed by atoms with Crippen LogP contribution in [0, 0.1) is 35.3 Å². The molecule has 0 heterocycles. The molecule has 4 rings (SSSR count). The summed E-state index contributed by atoms with van der Waals surface area (Å²) in [4.78, 5) is 0. The third kappa shape index (κ3) is 5.32. The molecular formula is C28H42F2O2. The molecule has 0 saturated heterocycles. The summed E-state index contributed by atoms with van der Waals surface area (Å²) in [6, 6.07) is 3.34. The zero-order valence-electron chi connectivity index (χ0n) is 20.1. The molecule has 4 unspecified atom stereocenters. The van der Waals surface area contributed by atoms with Gasteiger partial charge >= 0.3 is 0 Å². The minimum Gasteiger partial charge on any atom is -0.490 e. The summed E-state index contributed by atoms with van der Waals surface area (Å²) in [6.07, 6.45) is 14.0. The Hall–Kier alpha value is -1.16. The summed E-state index contributed by atoms with van der Waals surface area (Å²) in [5.41, 5.74) is 0.510. The molecule has 4 atom stereocenters. The van der Waals surface area contributed by atoms with E-state index < -0.39 is 11.6 Å². The first-order valence-electron chi connectivity index (χ1n) is 13.3. The molecule has 3 aliphatic carbocycles. The Bertz CT molecular complexity index is 728. The molecule has 1 aromatic rings. The van der Waals surface area contributed by atoms with Crippen molar-refractivity contribution in [3.05, 3.63) is 29.3 Å². The first kappa shape index (κ1) is 24.0. The molecule has 3 aliphatic rings. The molecule has 0 N–H and O–H groups in total. The van der Waals surface area contributed by atoms with E-state index in [0.717, 1.165) is 68.8 Å². The van der Waals surface area contributed by atoms with Gasteiger partial charge in [-0.1, -0.05) is 39.2 Å². The molecule has 0 aromatic heterocycles. The van der Waals surface area contributed by atoms with Gasteiger partial charge in [0, 0.05) is 0 Å². The molecule has 4 heteroatoms. The van der Waals surface area contributed by atoms with Crippen molar-refractivity contribution in [1.29, 1.82) is 0 Å². The Morgan fingerprint density at radius 1 is 0.812 bits per heavy atom. The van der Waals surface area contributed by atoms with Crippen molar-refractivity contribution < 1.29 is 18.3 Å². The average Bonchev–Trinajstić information content (AvgIpc) is 3.39. The van der Waals surface area contributed by atoms with Crippen LogP contribution in [0.4, 0.5) is 8.78 Å². The predicted octanol–water partition coefficient (Wildman–Crippen LogP) is 8.04. The van der Waals surface area contributed by atoms with Crippen molar-refractivity contribution in [2.24, 2.45) is 23.7 Å². The van der Waals surface area contributed by atoms with E-state index in [-0.39, 0.29) is 17.8 Å². The molecule has 32 heavy (non-hydrogen) atoms. The molecule has 3 fully saturated rings. The lowest BCUT2D eigenvalue weighted by Crippen LogP contribution is -2.25. The molecule has 1 aromatic carbocycles. The molecule has 3 saturated carbocycles. The number of hydrogen-bond donors (Lipinski definition) is 0. The van der Waals surface area contributed by atoms with Crippen LogP contribution in [-0.2, 0) is 4.74 Å². The molecule has 0 bridgehead atoms. The highest BCUT2D eigenvalue weighted by Crippen LogP contribution is 2.52. The summed E-state index contributed by atoms with van der Waals surface area (Å²) < 4.78 is 41.0. The minimum atomic E-state index is -0.828. The van der Waals surface area contributed by atoms with Crippen LogP contribution >= 0.6 is 0 Å². The van der Waals surface area contributed by atoms with Crippen molar-refractivity contribution in [3.63, 3.8) is 0 Å². The van der Waals surface area contributed by atoms with E-state index in [1.807, 2.05) is 6.92 Å². The number of ether oxygens (including phenoxy) is 2. The Balaban J connectivity index is 1.24. The van der Waals surface area contributed by atoms with E-state index in [1.54, 1.807) is 12.1 Å². The fourth-order valence-corrected chi connectivity index (χ4v) is 6.88. The van der Waals surface area contributed by atoms with Gasteiger partial charge in [-0.3, -0.25) is 0 Å². The van der Waals surface area contributed by atoms with Crippen LogP contribution in [-0.4, -0.2) is 19.3 Å². The van der Waals surface area contributed by atoms with Gasteiger partial charge in [0.25, 0.3) is 0 Å². The molecule has 0 radical (unpaired) electrons. The molecular weight excluding hydrogens is 406 g/mol. The van der Waals surface area contributed by atoms with Crippen LogP contribution in [0.25, 0.3) is 0 Å². The SMILES string of the molecule is CCCCOc1ccc(C2CCC(OCC3CCC4C(CCC)CCC34)CC2)c(F)c1F. The average molecular weight is 449 g/mol. The number of benzene rings is 1. The lowest BCUT2D eigenvalue weighted by molar-refractivity contribution is -0.00340. The van der Waals surface area contributed by atoms with Crippen LogP contribution in [0.3, 0.4) is 0 Å². The maximum Gasteiger partial charge on any atom is 0.200 e. The minimum absolute atomic E-state index is 0.0414. The van der Waals surface area contributed by atoms with Crippen LogP contribution < -0.4 is 4.74 Å². The van der Waals surface area contributed by atoms with Gasteiger partial charge in [-0.15, -0.1) is 0 Å². The lowest BCUT2D eigenvalue weighted by atomic mass is 9.82. The zero-order valence-corrected chi connectivity index (χ0v) is 20.1. The first-order chi connectivity index (χ1) is 15.6. The monoisotopic (exact) mass is 448 g/mol. The van der Waals surface area contributed by atoms with Gasteiger partial charge in [0.1, 0.15) is 0 Å². The molecule has 180 valence electrons. The van der Waals surface area contributed by atoms with E-state index in [2.05, 4.69) is 6.92 Å². The van der Waals surface area contributed by atoms with Crippen molar-refractivity contribution in [3.8, 4) is 5.75 Å². The van der Waals surface area contributed by atoms with Gasteiger partial charge < -0.3 is 9.47 Å². The van der Waals surface area contributed by atoms with E-state index in [4.69, 9.17) is 9.47 Å². The van der Waals surface area contributed by atoms with Crippen LogP contribution in [0.1, 0.15) is 102 Å². The van der Waals surface area contributed by atoms with Gasteiger partial charge in [-0.2, -0.15) is 4.39 Å². The van der Waals surface area contributed by atoms with Crippen molar-refractivity contribution in [2.45, 2.75) is 103 Å². The summed E-state index contributed by atoms with van der Waals surface area (Å²) in [5.74, 6) is 2.11. The number of unbranched alkanes of at least 4 members (excludes halogenated alkanes) is 1. The van der Waals surface area contributed by atoms with Crippen LogP contribution in [0.2, 0.25) is 0 Å². The van der Waals surface area contributed by atoms with Gasteiger partial charge in [0.15, 0.2) is 11.6 Å². The number of fused-ring (bicyclic) bond motifs is 1. The maximum absolute atomic E-state index is 14.7. The smallest absolute Gasteiger partial charge is 0.200 e. The molecule has 0 spiro atoms. The third-order valence-corrected chi connectivity index (χ3v) is 8.65. The Labute approximate surface area is 193 Å². The highest BCUT2D eigenvalue weighted by Gasteiger charge is 2.44.